The Labute approximate surface area is 167 Å². The molecular formula is C23H29N3S. The molecule has 1 saturated carbocycles. The zero-order chi connectivity index (χ0) is 18.6. The highest BCUT2D eigenvalue weighted by Gasteiger charge is 2.34. The smallest absolute Gasteiger partial charge is 0.170 e. The van der Waals surface area contributed by atoms with Crippen LogP contribution in [0.4, 0.5) is 11.4 Å². The van der Waals surface area contributed by atoms with Gasteiger partial charge in [-0.25, -0.2) is 0 Å². The van der Waals surface area contributed by atoms with Crippen molar-refractivity contribution < 1.29 is 0 Å². The number of fused-ring (bicyclic) bond motifs is 3. The molecular weight excluding hydrogens is 350 g/mol. The van der Waals surface area contributed by atoms with Crippen LogP contribution >= 0.6 is 12.2 Å². The molecule has 27 heavy (non-hydrogen) atoms. The minimum Gasteiger partial charge on any atom is -0.384 e. The van der Waals surface area contributed by atoms with Crippen molar-refractivity contribution in [1.82, 2.24) is 5.32 Å². The van der Waals surface area contributed by atoms with Crippen LogP contribution in [0.3, 0.4) is 0 Å². The Morgan fingerprint density at radius 2 is 1.93 bits per heavy atom. The average molecular weight is 380 g/mol. The summed E-state index contributed by atoms with van der Waals surface area (Å²) in [5.41, 5.74) is 6.48. The summed E-state index contributed by atoms with van der Waals surface area (Å²) in [6, 6.07) is 15.2. The Morgan fingerprint density at radius 3 is 2.74 bits per heavy atom. The van der Waals surface area contributed by atoms with E-state index in [2.05, 4.69) is 65.3 Å². The molecule has 2 atom stereocenters. The maximum absolute atomic E-state index is 5.54. The highest BCUT2D eigenvalue weighted by molar-refractivity contribution is 7.80. The zero-order valence-electron chi connectivity index (χ0n) is 16.1. The summed E-state index contributed by atoms with van der Waals surface area (Å²) < 4.78 is 0. The van der Waals surface area contributed by atoms with E-state index in [4.69, 9.17) is 12.2 Å². The number of hydrogen-bond acceptors (Lipinski definition) is 2. The van der Waals surface area contributed by atoms with E-state index >= 15 is 0 Å². The molecule has 1 aliphatic carbocycles. The number of benzene rings is 2. The van der Waals surface area contributed by atoms with Gasteiger partial charge in [0.2, 0.25) is 0 Å². The zero-order valence-corrected chi connectivity index (χ0v) is 16.9. The third-order valence-electron chi connectivity index (χ3n) is 5.93. The molecule has 0 aromatic heterocycles. The second kappa shape index (κ2) is 8.30. The van der Waals surface area contributed by atoms with Gasteiger partial charge < -0.3 is 16.0 Å². The number of thiocarbonyl (C=S) groups is 1. The summed E-state index contributed by atoms with van der Waals surface area (Å²) >= 11 is 5.54. The number of rotatable bonds is 4. The molecule has 0 spiro atoms. The van der Waals surface area contributed by atoms with Crippen LogP contribution < -0.4 is 16.0 Å². The van der Waals surface area contributed by atoms with Crippen LogP contribution in [-0.2, 0) is 0 Å². The van der Waals surface area contributed by atoms with Crippen LogP contribution in [0.2, 0.25) is 0 Å². The van der Waals surface area contributed by atoms with Gasteiger partial charge in [-0.05, 0) is 66.6 Å². The van der Waals surface area contributed by atoms with E-state index in [0.717, 1.165) is 31.1 Å². The fourth-order valence-corrected chi connectivity index (χ4v) is 4.87. The summed E-state index contributed by atoms with van der Waals surface area (Å²) in [5, 5.41) is 11.2. The first-order valence-electron chi connectivity index (χ1n) is 10.3. The molecule has 3 N–H and O–H groups in total. The summed E-state index contributed by atoms with van der Waals surface area (Å²) in [7, 11) is 0. The van der Waals surface area contributed by atoms with Crippen molar-refractivity contribution in [3.8, 4) is 11.1 Å². The molecule has 4 rings (SSSR count). The maximum atomic E-state index is 5.54. The predicted molar refractivity (Wildman–Crippen MR) is 120 cm³/mol. The van der Waals surface area contributed by atoms with Gasteiger partial charge >= 0.3 is 0 Å². The molecule has 1 aliphatic heterocycles. The van der Waals surface area contributed by atoms with Crippen molar-refractivity contribution in [3.63, 3.8) is 0 Å². The number of anilines is 2. The minimum atomic E-state index is 0.643. The molecule has 0 radical (unpaired) electrons. The lowest BCUT2D eigenvalue weighted by molar-refractivity contribution is 0.314. The van der Waals surface area contributed by atoms with Crippen LogP contribution in [0.1, 0.15) is 50.5 Å². The van der Waals surface area contributed by atoms with Gasteiger partial charge in [-0.3, -0.25) is 0 Å². The van der Waals surface area contributed by atoms with Crippen LogP contribution in [-0.4, -0.2) is 18.2 Å². The van der Waals surface area contributed by atoms with Gasteiger partial charge in [0.15, 0.2) is 5.11 Å². The molecule has 1 fully saturated rings. The van der Waals surface area contributed by atoms with E-state index < -0.39 is 0 Å². The fourth-order valence-electron chi connectivity index (χ4n) is 4.66. The Morgan fingerprint density at radius 1 is 1.11 bits per heavy atom. The third kappa shape index (κ3) is 3.81. The first-order chi connectivity index (χ1) is 13.3. The van der Waals surface area contributed by atoms with Gasteiger partial charge in [-0.15, -0.1) is 0 Å². The van der Waals surface area contributed by atoms with Gasteiger partial charge in [0.05, 0.1) is 0 Å². The maximum Gasteiger partial charge on any atom is 0.170 e. The van der Waals surface area contributed by atoms with Crippen LogP contribution in [0, 0.1) is 5.92 Å². The van der Waals surface area contributed by atoms with Crippen molar-refractivity contribution in [3.05, 3.63) is 48.0 Å². The van der Waals surface area contributed by atoms with E-state index in [1.165, 1.54) is 48.1 Å². The largest absolute Gasteiger partial charge is 0.384 e. The van der Waals surface area contributed by atoms with Crippen molar-refractivity contribution in [2.45, 2.75) is 44.9 Å². The lowest BCUT2D eigenvalue weighted by Gasteiger charge is -2.39. The quantitative estimate of drug-likeness (QED) is 0.591. The fraction of sp³-hybridized carbons (Fsp3) is 0.435. The third-order valence-corrected chi connectivity index (χ3v) is 6.17. The molecule has 2 aliphatic rings. The Hall–Kier alpha value is -2.07. The summed E-state index contributed by atoms with van der Waals surface area (Å²) in [6.45, 7) is 4.15. The second-order valence-corrected chi connectivity index (χ2v) is 8.14. The highest BCUT2D eigenvalue weighted by Crippen LogP contribution is 2.49. The van der Waals surface area contributed by atoms with Gasteiger partial charge in [-0.1, -0.05) is 50.1 Å². The molecule has 2 aromatic carbocycles. The Kier molecular flexibility index (Phi) is 5.63. The number of hydrogen-bond donors (Lipinski definition) is 3. The minimum absolute atomic E-state index is 0.643. The van der Waals surface area contributed by atoms with Crippen molar-refractivity contribution in [1.29, 1.82) is 0 Å². The molecule has 0 bridgehead atoms. The second-order valence-electron chi connectivity index (χ2n) is 7.73. The van der Waals surface area contributed by atoms with Gasteiger partial charge in [0.25, 0.3) is 0 Å². The highest BCUT2D eigenvalue weighted by atomic mass is 32.1. The van der Waals surface area contributed by atoms with Crippen LogP contribution in [0.25, 0.3) is 11.1 Å². The lowest BCUT2D eigenvalue weighted by Crippen LogP contribution is -2.32. The van der Waals surface area contributed by atoms with E-state index in [9.17, 15) is 0 Å². The van der Waals surface area contributed by atoms with Crippen molar-refractivity contribution >= 4 is 28.7 Å². The van der Waals surface area contributed by atoms with E-state index in [0.29, 0.717) is 11.0 Å². The first kappa shape index (κ1) is 18.3. The van der Waals surface area contributed by atoms with E-state index in [1.807, 2.05) is 0 Å². The Bertz CT molecular complexity index is 803. The van der Waals surface area contributed by atoms with Gasteiger partial charge in [-0.2, -0.15) is 0 Å². The van der Waals surface area contributed by atoms with Crippen LogP contribution in [0.15, 0.2) is 42.5 Å². The van der Waals surface area contributed by atoms with E-state index in [-0.39, 0.29) is 0 Å². The molecule has 142 valence electrons. The van der Waals surface area contributed by atoms with Crippen molar-refractivity contribution in [2.24, 2.45) is 5.92 Å². The molecule has 2 aromatic rings. The number of nitrogens with one attached hydrogen (secondary N) is 3. The van der Waals surface area contributed by atoms with Crippen LogP contribution in [0.5, 0.6) is 0 Å². The normalized spacial score (nSPS) is 20.8. The topological polar surface area (TPSA) is 36.1 Å². The first-order valence-corrected chi connectivity index (χ1v) is 10.7. The average Bonchev–Trinajstić information content (AvgIpc) is 2.72. The Balaban J connectivity index is 1.79. The molecule has 0 saturated heterocycles. The lowest BCUT2D eigenvalue weighted by atomic mass is 9.71. The van der Waals surface area contributed by atoms with E-state index in [1.54, 1.807) is 0 Å². The van der Waals surface area contributed by atoms with Gasteiger partial charge in [0.1, 0.15) is 0 Å². The molecule has 1 heterocycles. The summed E-state index contributed by atoms with van der Waals surface area (Å²) in [4.78, 5) is 0. The standard InChI is InChI=1S/C23H29N3S/c1-2-14-24-23(27)26-20-13-12-19-22(21(20)16-8-4-3-5-9-16)18-11-7-6-10-17(18)15-25-19/h3-5,8-9,12-13,17-18,25H,2,6-7,10-11,14-15H2,1H3,(H2,24,26,27). The molecule has 2 unspecified atom stereocenters. The summed E-state index contributed by atoms with van der Waals surface area (Å²) in [5.74, 6) is 1.39. The SMILES string of the molecule is CCCNC(=S)Nc1ccc2c(c1-c1ccccc1)C1CCCCC1CN2. The molecule has 3 nitrogen and oxygen atoms in total. The molecule has 0 amide bonds. The summed E-state index contributed by atoms with van der Waals surface area (Å²) in [6.07, 6.45) is 6.39. The predicted octanol–water partition coefficient (Wildman–Crippen LogP) is 5.75. The monoisotopic (exact) mass is 379 g/mol. The molecule has 4 heteroatoms. The van der Waals surface area contributed by atoms with Gasteiger partial charge in [0, 0.05) is 30.0 Å². The van der Waals surface area contributed by atoms with Crippen molar-refractivity contribution in [2.75, 3.05) is 23.7 Å².